The standard InChI is InChI=1S/C21H26ClN5O2S/c1-16-4-2-3-5-17(16)25-6-8-26(9-7-25)19-14-18(22)23-21(24-19)30-15-20(28)27-10-12-29-13-11-27/h2-5,14H,6-13,15H2,1H3. The molecule has 1 aromatic carbocycles. The van der Waals surface area contributed by atoms with Crippen LogP contribution in [0.5, 0.6) is 0 Å². The van der Waals surface area contributed by atoms with E-state index in [1.807, 2.05) is 4.90 Å². The highest BCUT2D eigenvalue weighted by Crippen LogP contribution is 2.25. The van der Waals surface area contributed by atoms with Gasteiger partial charge >= 0.3 is 0 Å². The maximum atomic E-state index is 12.4. The Hall–Kier alpha value is -2.03. The molecule has 0 unspecified atom stereocenters. The minimum Gasteiger partial charge on any atom is -0.378 e. The van der Waals surface area contributed by atoms with Crippen LogP contribution in [-0.2, 0) is 9.53 Å². The number of anilines is 2. The molecule has 0 N–H and O–H groups in total. The summed E-state index contributed by atoms with van der Waals surface area (Å²) in [7, 11) is 0. The van der Waals surface area contributed by atoms with Gasteiger partial charge in [-0.3, -0.25) is 4.79 Å². The predicted octanol–water partition coefficient (Wildman–Crippen LogP) is 2.72. The molecule has 0 aliphatic carbocycles. The maximum Gasteiger partial charge on any atom is 0.233 e. The van der Waals surface area contributed by atoms with Gasteiger partial charge in [-0.2, -0.15) is 0 Å². The summed E-state index contributed by atoms with van der Waals surface area (Å²) in [5, 5.41) is 0.947. The molecular formula is C21H26ClN5O2S. The highest BCUT2D eigenvalue weighted by atomic mass is 35.5. The first-order chi connectivity index (χ1) is 14.6. The van der Waals surface area contributed by atoms with E-state index in [2.05, 4.69) is 51.0 Å². The van der Waals surface area contributed by atoms with Crippen LogP contribution in [0, 0.1) is 6.92 Å². The molecule has 1 amide bonds. The zero-order valence-corrected chi connectivity index (χ0v) is 18.7. The van der Waals surface area contributed by atoms with Gasteiger partial charge in [-0.1, -0.05) is 41.6 Å². The SMILES string of the molecule is Cc1ccccc1N1CCN(c2cc(Cl)nc(SCC(=O)N3CCOCC3)n2)CC1. The zero-order chi connectivity index (χ0) is 20.9. The Kier molecular flexibility index (Phi) is 6.97. The molecule has 30 heavy (non-hydrogen) atoms. The summed E-state index contributed by atoms with van der Waals surface area (Å²) in [6.07, 6.45) is 0. The number of thioether (sulfide) groups is 1. The summed E-state index contributed by atoms with van der Waals surface area (Å²) in [6, 6.07) is 10.3. The Morgan fingerprint density at radius 1 is 1.07 bits per heavy atom. The lowest BCUT2D eigenvalue weighted by atomic mass is 10.1. The van der Waals surface area contributed by atoms with Crippen molar-refractivity contribution in [3.05, 3.63) is 41.0 Å². The number of morpholine rings is 1. The van der Waals surface area contributed by atoms with Crippen molar-refractivity contribution in [2.75, 3.05) is 68.0 Å². The van der Waals surface area contributed by atoms with Crippen molar-refractivity contribution in [1.29, 1.82) is 0 Å². The number of aryl methyl sites for hydroxylation is 1. The van der Waals surface area contributed by atoms with E-state index < -0.39 is 0 Å². The molecule has 0 atom stereocenters. The Labute approximate surface area is 186 Å². The molecule has 1 aromatic heterocycles. The lowest BCUT2D eigenvalue weighted by Crippen LogP contribution is -2.47. The molecule has 0 spiro atoms. The number of para-hydroxylation sites is 1. The number of carbonyl (C=O) groups excluding carboxylic acids is 1. The van der Waals surface area contributed by atoms with Gasteiger partial charge in [0, 0.05) is 51.0 Å². The van der Waals surface area contributed by atoms with Crippen molar-refractivity contribution in [2.45, 2.75) is 12.1 Å². The Morgan fingerprint density at radius 2 is 1.77 bits per heavy atom. The number of nitrogens with zero attached hydrogens (tertiary/aromatic N) is 5. The van der Waals surface area contributed by atoms with Crippen molar-refractivity contribution in [3.63, 3.8) is 0 Å². The number of halogens is 1. The number of hydrogen-bond acceptors (Lipinski definition) is 7. The van der Waals surface area contributed by atoms with Gasteiger partial charge in [0.05, 0.1) is 19.0 Å². The Morgan fingerprint density at radius 3 is 2.50 bits per heavy atom. The second-order valence-electron chi connectivity index (χ2n) is 7.37. The number of carbonyl (C=O) groups is 1. The fourth-order valence-corrected chi connectivity index (χ4v) is 4.72. The fourth-order valence-electron chi connectivity index (χ4n) is 3.74. The highest BCUT2D eigenvalue weighted by Gasteiger charge is 2.21. The first-order valence-electron chi connectivity index (χ1n) is 10.2. The molecule has 2 aromatic rings. The van der Waals surface area contributed by atoms with Crippen LogP contribution in [0.2, 0.25) is 5.15 Å². The summed E-state index contributed by atoms with van der Waals surface area (Å²) >= 11 is 7.60. The average Bonchev–Trinajstić information content (AvgIpc) is 2.78. The predicted molar refractivity (Wildman–Crippen MR) is 121 cm³/mol. The van der Waals surface area contributed by atoms with Crippen LogP contribution in [0.25, 0.3) is 0 Å². The molecule has 160 valence electrons. The smallest absolute Gasteiger partial charge is 0.233 e. The summed E-state index contributed by atoms with van der Waals surface area (Å²) in [5.74, 6) is 1.21. The molecule has 0 saturated carbocycles. The minimum atomic E-state index is 0.0836. The number of amides is 1. The van der Waals surface area contributed by atoms with Crippen LogP contribution in [0.15, 0.2) is 35.5 Å². The largest absolute Gasteiger partial charge is 0.378 e. The summed E-state index contributed by atoms with van der Waals surface area (Å²) in [6.45, 7) is 8.20. The van der Waals surface area contributed by atoms with Gasteiger partial charge in [0.15, 0.2) is 5.16 Å². The maximum absolute atomic E-state index is 12.4. The van der Waals surface area contributed by atoms with E-state index >= 15 is 0 Å². The Balaban J connectivity index is 1.36. The van der Waals surface area contributed by atoms with Gasteiger partial charge in [0.25, 0.3) is 0 Å². The lowest BCUT2D eigenvalue weighted by molar-refractivity contribution is -0.132. The van der Waals surface area contributed by atoms with E-state index in [0.717, 1.165) is 32.0 Å². The molecule has 2 fully saturated rings. The van der Waals surface area contributed by atoms with Crippen LogP contribution in [-0.4, -0.2) is 79.0 Å². The van der Waals surface area contributed by atoms with Crippen LogP contribution in [0.1, 0.15) is 5.56 Å². The normalized spacial score (nSPS) is 17.3. The minimum absolute atomic E-state index is 0.0836. The van der Waals surface area contributed by atoms with Gasteiger partial charge in [-0.05, 0) is 18.6 Å². The molecular weight excluding hydrogens is 422 g/mol. The number of hydrogen-bond donors (Lipinski definition) is 0. The average molecular weight is 448 g/mol. The van der Waals surface area contributed by atoms with Gasteiger partial charge in [0.2, 0.25) is 5.91 Å². The van der Waals surface area contributed by atoms with E-state index in [9.17, 15) is 4.79 Å². The Bertz CT molecular complexity index is 885. The fraction of sp³-hybridized carbons (Fsp3) is 0.476. The van der Waals surface area contributed by atoms with Crippen molar-refractivity contribution >= 4 is 40.8 Å². The monoisotopic (exact) mass is 447 g/mol. The third-order valence-electron chi connectivity index (χ3n) is 5.41. The van der Waals surface area contributed by atoms with Gasteiger partial charge < -0.3 is 19.4 Å². The highest BCUT2D eigenvalue weighted by molar-refractivity contribution is 7.99. The number of ether oxygens (including phenoxy) is 1. The van der Waals surface area contributed by atoms with Crippen molar-refractivity contribution in [1.82, 2.24) is 14.9 Å². The third kappa shape index (κ3) is 5.17. The number of rotatable bonds is 5. The second-order valence-corrected chi connectivity index (χ2v) is 8.70. The molecule has 0 radical (unpaired) electrons. The van der Waals surface area contributed by atoms with Crippen LogP contribution < -0.4 is 9.80 Å². The van der Waals surface area contributed by atoms with Gasteiger partial charge in [-0.15, -0.1) is 0 Å². The molecule has 2 aliphatic rings. The van der Waals surface area contributed by atoms with Crippen molar-refractivity contribution < 1.29 is 9.53 Å². The quantitative estimate of drug-likeness (QED) is 0.396. The second kappa shape index (κ2) is 9.85. The molecule has 4 rings (SSSR count). The summed E-state index contributed by atoms with van der Waals surface area (Å²) in [4.78, 5) is 27.8. The van der Waals surface area contributed by atoms with E-state index in [0.29, 0.717) is 42.4 Å². The number of piperazine rings is 1. The van der Waals surface area contributed by atoms with Crippen LogP contribution in [0.4, 0.5) is 11.5 Å². The molecule has 2 saturated heterocycles. The lowest BCUT2D eigenvalue weighted by Gasteiger charge is -2.37. The van der Waals surface area contributed by atoms with E-state index in [1.165, 1.54) is 23.0 Å². The molecule has 3 heterocycles. The molecule has 0 bridgehead atoms. The molecule has 2 aliphatic heterocycles. The van der Waals surface area contributed by atoms with E-state index in [4.69, 9.17) is 16.3 Å². The van der Waals surface area contributed by atoms with Crippen LogP contribution in [0.3, 0.4) is 0 Å². The summed E-state index contributed by atoms with van der Waals surface area (Å²) < 4.78 is 5.30. The molecule has 7 nitrogen and oxygen atoms in total. The number of benzene rings is 1. The molecule has 9 heteroatoms. The van der Waals surface area contributed by atoms with Gasteiger partial charge in [-0.25, -0.2) is 9.97 Å². The van der Waals surface area contributed by atoms with E-state index in [1.54, 1.807) is 6.07 Å². The third-order valence-corrected chi connectivity index (χ3v) is 6.43. The topological polar surface area (TPSA) is 61.8 Å². The van der Waals surface area contributed by atoms with Crippen molar-refractivity contribution in [3.8, 4) is 0 Å². The van der Waals surface area contributed by atoms with Crippen LogP contribution >= 0.6 is 23.4 Å². The first-order valence-corrected chi connectivity index (χ1v) is 11.5. The van der Waals surface area contributed by atoms with E-state index in [-0.39, 0.29) is 5.91 Å². The van der Waals surface area contributed by atoms with Crippen molar-refractivity contribution in [2.24, 2.45) is 0 Å². The zero-order valence-electron chi connectivity index (χ0n) is 17.1. The first kappa shape index (κ1) is 21.2. The number of aromatic nitrogens is 2. The summed E-state index contributed by atoms with van der Waals surface area (Å²) in [5.41, 5.74) is 2.58. The van der Waals surface area contributed by atoms with Gasteiger partial charge in [0.1, 0.15) is 11.0 Å².